The number of hydrogen-bond acceptors (Lipinski definition) is 4. The minimum Gasteiger partial charge on any atom is -0.451 e. The molecule has 4 aliphatic carbocycles. The predicted octanol–water partition coefficient (Wildman–Crippen LogP) is 4.10. The number of likely N-dealkylation sites (tertiary alicyclic amines) is 1. The number of amides is 2. The highest BCUT2D eigenvalue weighted by molar-refractivity contribution is 5.99. The minimum atomic E-state index is -0.865. The van der Waals surface area contributed by atoms with Crippen molar-refractivity contribution in [1.82, 2.24) is 4.90 Å². The predicted molar refractivity (Wildman–Crippen MR) is 128 cm³/mol. The molecule has 1 aromatic rings. The summed E-state index contributed by atoms with van der Waals surface area (Å²) in [6, 6.07) is 7.39. The van der Waals surface area contributed by atoms with Crippen molar-refractivity contribution in [3.63, 3.8) is 0 Å². The number of ether oxygens (including phenoxy) is 1. The Hall–Kier alpha value is -2.37. The number of fused-ring (bicyclic) bond motifs is 1. The number of rotatable bonds is 4. The summed E-state index contributed by atoms with van der Waals surface area (Å²) < 4.78 is 5.74. The first-order valence-corrected chi connectivity index (χ1v) is 13.3. The van der Waals surface area contributed by atoms with Crippen LogP contribution in [0.5, 0.6) is 0 Å². The summed E-state index contributed by atoms with van der Waals surface area (Å²) in [5.74, 6) is 1.66. The molecule has 0 N–H and O–H groups in total. The fourth-order valence-electron chi connectivity index (χ4n) is 8.22. The summed E-state index contributed by atoms with van der Waals surface area (Å²) in [4.78, 5) is 43.9. The van der Waals surface area contributed by atoms with Gasteiger partial charge in [-0.15, -0.1) is 0 Å². The number of benzene rings is 1. The first-order valence-electron chi connectivity index (χ1n) is 13.3. The van der Waals surface area contributed by atoms with Crippen molar-refractivity contribution in [2.24, 2.45) is 23.2 Å². The molecule has 1 saturated heterocycles. The third-order valence-electron chi connectivity index (χ3n) is 9.29. The Labute approximate surface area is 202 Å². The second-order valence-electron chi connectivity index (χ2n) is 11.7. The molecule has 0 radical (unpaired) electrons. The highest BCUT2D eigenvalue weighted by Gasteiger charge is 2.57. The van der Waals surface area contributed by atoms with Crippen LogP contribution in [0.1, 0.15) is 70.3 Å². The molecule has 2 atom stereocenters. The lowest BCUT2D eigenvalue weighted by Crippen LogP contribution is -2.56. The molecule has 0 aromatic heterocycles. The van der Waals surface area contributed by atoms with Crippen LogP contribution < -0.4 is 4.90 Å². The fraction of sp³-hybridized carbons (Fsp3) is 0.679. The number of hydrogen-bond donors (Lipinski definition) is 0. The highest BCUT2D eigenvalue weighted by Crippen LogP contribution is 2.60. The van der Waals surface area contributed by atoms with E-state index in [9.17, 15) is 14.4 Å². The van der Waals surface area contributed by atoms with Crippen LogP contribution in [0.25, 0.3) is 0 Å². The van der Waals surface area contributed by atoms with Crippen molar-refractivity contribution < 1.29 is 19.1 Å². The van der Waals surface area contributed by atoms with Crippen LogP contribution in [-0.4, -0.2) is 47.9 Å². The van der Waals surface area contributed by atoms with Gasteiger partial charge < -0.3 is 14.5 Å². The molecular weight excluding hydrogens is 428 g/mol. The summed E-state index contributed by atoms with van der Waals surface area (Å²) >= 11 is 0. The van der Waals surface area contributed by atoms with E-state index in [2.05, 4.69) is 6.07 Å². The van der Waals surface area contributed by atoms with E-state index in [1.807, 2.05) is 23.1 Å². The topological polar surface area (TPSA) is 66.9 Å². The Balaban J connectivity index is 1.14. The van der Waals surface area contributed by atoms with Crippen LogP contribution in [0.3, 0.4) is 0 Å². The fourth-order valence-corrected chi connectivity index (χ4v) is 8.22. The number of carbonyl (C=O) groups excluding carboxylic acids is 3. The smallest absolute Gasteiger partial charge is 0.329 e. The maximum atomic E-state index is 13.9. The molecule has 6 aliphatic rings. The molecule has 4 bridgehead atoms. The van der Waals surface area contributed by atoms with Gasteiger partial charge in [0.05, 0.1) is 5.41 Å². The van der Waals surface area contributed by atoms with Crippen molar-refractivity contribution in [3.05, 3.63) is 29.8 Å². The maximum absolute atomic E-state index is 13.9. The summed E-state index contributed by atoms with van der Waals surface area (Å²) in [5, 5.41) is 0. The standard InChI is InChI=1S/C28H36N2O4/c1-18(25(31)29-10-4-7-22-6-2-3-8-23(22)29)34-26(32)24-9-5-11-30(24)27(33)28-15-19-12-20(16-28)14-21(13-19)17-28/h2-3,6,8,18-21,24H,4-5,7,9-17H2,1H3/t18-,19?,20?,21?,24+,28?/m1/s1. The van der Waals surface area contributed by atoms with Gasteiger partial charge in [-0.05, 0) is 101 Å². The number of para-hydroxylation sites is 1. The molecule has 0 spiro atoms. The zero-order valence-electron chi connectivity index (χ0n) is 20.2. The monoisotopic (exact) mass is 464 g/mol. The van der Waals surface area contributed by atoms with Crippen molar-refractivity contribution in [2.45, 2.75) is 83.3 Å². The molecule has 5 fully saturated rings. The van der Waals surface area contributed by atoms with Gasteiger partial charge in [0, 0.05) is 18.8 Å². The van der Waals surface area contributed by atoms with Gasteiger partial charge in [-0.2, -0.15) is 0 Å². The number of aryl methyl sites for hydroxylation is 1. The zero-order chi connectivity index (χ0) is 23.4. The average Bonchev–Trinajstić information content (AvgIpc) is 3.32. The number of carbonyl (C=O) groups is 3. The summed E-state index contributed by atoms with van der Waals surface area (Å²) in [7, 11) is 0. The Morgan fingerprint density at radius 1 is 0.971 bits per heavy atom. The molecule has 6 heteroatoms. The zero-order valence-corrected chi connectivity index (χ0v) is 20.2. The van der Waals surface area contributed by atoms with E-state index in [0.717, 1.165) is 49.8 Å². The molecule has 182 valence electrons. The van der Waals surface area contributed by atoms with Crippen molar-refractivity contribution in [2.75, 3.05) is 18.0 Å². The molecule has 2 aliphatic heterocycles. The average molecular weight is 465 g/mol. The first-order chi connectivity index (χ1) is 16.4. The SMILES string of the molecule is C[C@@H](OC(=O)[C@@H]1CCCN1C(=O)C12CC3CC(CC(C3)C1)C2)C(=O)N1CCCc2ccccc21. The second kappa shape index (κ2) is 8.39. The molecule has 1 aromatic carbocycles. The summed E-state index contributed by atoms with van der Waals surface area (Å²) in [6.07, 6.45) is 9.31. The van der Waals surface area contributed by atoms with Crippen LogP contribution in [0.4, 0.5) is 5.69 Å². The molecule has 34 heavy (non-hydrogen) atoms. The van der Waals surface area contributed by atoms with Gasteiger partial charge in [0.1, 0.15) is 6.04 Å². The minimum absolute atomic E-state index is 0.183. The van der Waals surface area contributed by atoms with E-state index in [0.29, 0.717) is 37.3 Å². The van der Waals surface area contributed by atoms with Gasteiger partial charge in [0.15, 0.2) is 6.10 Å². The van der Waals surface area contributed by atoms with E-state index in [1.165, 1.54) is 19.3 Å². The van der Waals surface area contributed by atoms with Gasteiger partial charge in [-0.25, -0.2) is 4.79 Å². The maximum Gasteiger partial charge on any atom is 0.329 e. The van der Waals surface area contributed by atoms with Crippen LogP contribution in [-0.2, 0) is 25.5 Å². The Morgan fingerprint density at radius 3 is 2.35 bits per heavy atom. The number of nitrogens with zero attached hydrogens (tertiary/aromatic N) is 2. The Bertz CT molecular complexity index is 969. The third-order valence-corrected chi connectivity index (χ3v) is 9.29. The van der Waals surface area contributed by atoms with E-state index in [1.54, 1.807) is 11.8 Å². The van der Waals surface area contributed by atoms with Crippen LogP contribution >= 0.6 is 0 Å². The Kier molecular flexibility index (Phi) is 5.45. The summed E-state index contributed by atoms with van der Waals surface area (Å²) in [6.45, 7) is 2.93. The number of anilines is 1. The van der Waals surface area contributed by atoms with E-state index in [4.69, 9.17) is 4.74 Å². The molecule has 2 amide bonds. The molecule has 2 heterocycles. The lowest BCUT2D eigenvalue weighted by molar-refractivity contribution is -0.168. The normalized spacial score (nSPS) is 34.6. The molecule has 0 unspecified atom stereocenters. The number of esters is 1. The lowest BCUT2D eigenvalue weighted by Gasteiger charge is -2.56. The van der Waals surface area contributed by atoms with Crippen LogP contribution in [0.2, 0.25) is 0 Å². The van der Waals surface area contributed by atoms with Gasteiger partial charge in [0.25, 0.3) is 5.91 Å². The highest BCUT2D eigenvalue weighted by atomic mass is 16.5. The van der Waals surface area contributed by atoms with Crippen LogP contribution in [0, 0.1) is 23.2 Å². The quantitative estimate of drug-likeness (QED) is 0.629. The molecular formula is C28H36N2O4. The third kappa shape index (κ3) is 3.64. The van der Waals surface area contributed by atoms with E-state index < -0.39 is 18.1 Å². The van der Waals surface area contributed by atoms with Crippen molar-refractivity contribution in [3.8, 4) is 0 Å². The molecule has 4 saturated carbocycles. The molecule has 6 nitrogen and oxygen atoms in total. The van der Waals surface area contributed by atoms with Crippen molar-refractivity contribution >= 4 is 23.5 Å². The van der Waals surface area contributed by atoms with Gasteiger partial charge in [-0.3, -0.25) is 9.59 Å². The Morgan fingerprint density at radius 2 is 1.65 bits per heavy atom. The van der Waals surface area contributed by atoms with Crippen molar-refractivity contribution in [1.29, 1.82) is 0 Å². The summed E-state index contributed by atoms with van der Waals surface area (Å²) in [5.41, 5.74) is 1.82. The largest absolute Gasteiger partial charge is 0.451 e. The van der Waals surface area contributed by atoms with Gasteiger partial charge in [-0.1, -0.05) is 18.2 Å². The van der Waals surface area contributed by atoms with E-state index >= 15 is 0 Å². The molecule has 7 rings (SSSR count). The first kappa shape index (κ1) is 22.1. The van der Waals surface area contributed by atoms with Gasteiger partial charge in [0.2, 0.25) is 5.91 Å². The van der Waals surface area contributed by atoms with E-state index in [-0.39, 0.29) is 17.2 Å². The second-order valence-corrected chi connectivity index (χ2v) is 11.7. The van der Waals surface area contributed by atoms with Gasteiger partial charge >= 0.3 is 5.97 Å². The van der Waals surface area contributed by atoms with Crippen LogP contribution in [0.15, 0.2) is 24.3 Å². The lowest BCUT2D eigenvalue weighted by atomic mass is 9.49.